The van der Waals surface area contributed by atoms with E-state index >= 15 is 0 Å². The molecule has 3 aromatic rings. The molecule has 1 aliphatic rings. The van der Waals surface area contributed by atoms with E-state index in [2.05, 4.69) is 15.0 Å². The second kappa shape index (κ2) is 7.03. The van der Waals surface area contributed by atoms with Gasteiger partial charge in [0.15, 0.2) is 0 Å². The lowest BCUT2D eigenvalue weighted by Crippen LogP contribution is -2.19. The van der Waals surface area contributed by atoms with Gasteiger partial charge in [-0.2, -0.15) is 0 Å². The third-order valence-corrected chi connectivity index (χ3v) is 4.39. The zero-order valence-corrected chi connectivity index (χ0v) is 13.6. The molecule has 0 spiro atoms. The van der Waals surface area contributed by atoms with Gasteiger partial charge in [-0.25, -0.2) is 9.37 Å². The van der Waals surface area contributed by atoms with Crippen LogP contribution in [-0.2, 0) is 6.54 Å². The monoisotopic (exact) mass is 339 g/mol. The van der Waals surface area contributed by atoms with Crippen LogP contribution in [0.3, 0.4) is 0 Å². The summed E-state index contributed by atoms with van der Waals surface area (Å²) in [5, 5.41) is 4.04. The Morgan fingerprint density at radius 1 is 1.16 bits per heavy atom. The van der Waals surface area contributed by atoms with E-state index < -0.39 is 0 Å². The summed E-state index contributed by atoms with van der Waals surface area (Å²) in [5.74, 6) is 1.21. The van der Waals surface area contributed by atoms with Crippen molar-refractivity contribution in [3.63, 3.8) is 0 Å². The Labute approximate surface area is 145 Å². The lowest BCUT2D eigenvalue weighted by atomic mass is 10.1. The van der Waals surface area contributed by atoms with Gasteiger partial charge in [-0.05, 0) is 42.8 Å². The standard InChI is InChI=1S/C19H18FN3O2/c20-16-2-4-17(5-3-16)25-19-6-1-14(11-21-19)12-23-9-7-15(13-23)18-8-10-24-22-18/h1-6,8,10-11,15H,7,9,12-13H2. The summed E-state index contributed by atoms with van der Waals surface area (Å²) in [6.07, 6.45) is 4.54. The third-order valence-electron chi connectivity index (χ3n) is 4.39. The maximum Gasteiger partial charge on any atom is 0.219 e. The average Bonchev–Trinajstić information content (AvgIpc) is 3.30. The van der Waals surface area contributed by atoms with Crippen LogP contribution in [-0.4, -0.2) is 28.1 Å². The molecule has 1 unspecified atom stereocenters. The first-order valence-corrected chi connectivity index (χ1v) is 8.27. The number of hydrogen-bond donors (Lipinski definition) is 0. The van der Waals surface area contributed by atoms with Gasteiger partial charge in [0.25, 0.3) is 0 Å². The van der Waals surface area contributed by atoms with Gasteiger partial charge in [-0.1, -0.05) is 11.2 Å². The van der Waals surface area contributed by atoms with Crippen molar-refractivity contribution in [1.82, 2.24) is 15.0 Å². The molecule has 1 saturated heterocycles. The number of nitrogens with zero attached hydrogens (tertiary/aromatic N) is 3. The average molecular weight is 339 g/mol. The Kier molecular flexibility index (Phi) is 4.43. The van der Waals surface area contributed by atoms with Crippen LogP contribution in [0.5, 0.6) is 11.6 Å². The van der Waals surface area contributed by atoms with Crippen LogP contribution in [0.15, 0.2) is 59.4 Å². The van der Waals surface area contributed by atoms with Crippen LogP contribution in [0.1, 0.15) is 23.6 Å². The Balaban J connectivity index is 1.34. The second-order valence-corrected chi connectivity index (χ2v) is 6.21. The van der Waals surface area contributed by atoms with E-state index in [9.17, 15) is 4.39 Å². The zero-order chi connectivity index (χ0) is 17.1. The van der Waals surface area contributed by atoms with Gasteiger partial charge >= 0.3 is 0 Å². The molecule has 0 aliphatic carbocycles. The number of hydrogen-bond acceptors (Lipinski definition) is 5. The summed E-state index contributed by atoms with van der Waals surface area (Å²) in [6, 6.07) is 11.7. The van der Waals surface area contributed by atoms with Crippen molar-refractivity contribution in [2.75, 3.05) is 13.1 Å². The lowest BCUT2D eigenvalue weighted by Gasteiger charge is -2.15. The molecule has 0 amide bonds. The third kappa shape index (κ3) is 3.85. The maximum absolute atomic E-state index is 12.9. The molecule has 0 bridgehead atoms. The van der Waals surface area contributed by atoms with E-state index in [1.807, 2.05) is 24.4 Å². The quantitative estimate of drug-likeness (QED) is 0.703. The topological polar surface area (TPSA) is 51.4 Å². The van der Waals surface area contributed by atoms with Gasteiger partial charge in [0.2, 0.25) is 5.88 Å². The predicted octanol–water partition coefficient (Wildman–Crippen LogP) is 3.99. The Hall–Kier alpha value is -2.73. The Morgan fingerprint density at radius 3 is 2.76 bits per heavy atom. The summed E-state index contributed by atoms with van der Waals surface area (Å²) < 4.78 is 23.5. The smallest absolute Gasteiger partial charge is 0.219 e. The summed E-state index contributed by atoms with van der Waals surface area (Å²) in [4.78, 5) is 6.72. The summed E-state index contributed by atoms with van der Waals surface area (Å²) in [5.41, 5.74) is 2.16. The van der Waals surface area contributed by atoms with Gasteiger partial charge in [0, 0.05) is 37.3 Å². The molecule has 5 nitrogen and oxygen atoms in total. The van der Waals surface area contributed by atoms with Crippen molar-refractivity contribution in [2.24, 2.45) is 0 Å². The van der Waals surface area contributed by atoms with E-state index in [0.717, 1.165) is 37.3 Å². The molecule has 0 radical (unpaired) electrons. The lowest BCUT2D eigenvalue weighted by molar-refractivity contribution is 0.323. The molecule has 3 heterocycles. The minimum Gasteiger partial charge on any atom is -0.439 e. The molecule has 1 atom stereocenters. The minimum atomic E-state index is -0.287. The second-order valence-electron chi connectivity index (χ2n) is 6.21. The van der Waals surface area contributed by atoms with E-state index in [4.69, 9.17) is 9.26 Å². The van der Waals surface area contributed by atoms with Gasteiger partial charge in [-0.15, -0.1) is 0 Å². The molecular weight excluding hydrogens is 321 g/mol. The van der Waals surface area contributed by atoms with Crippen LogP contribution in [0, 0.1) is 5.82 Å². The SMILES string of the molecule is Fc1ccc(Oc2ccc(CN3CCC(c4ccon4)C3)cn2)cc1. The molecule has 2 aromatic heterocycles. The van der Waals surface area contributed by atoms with Crippen molar-refractivity contribution < 1.29 is 13.7 Å². The highest BCUT2D eigenvalue weighted by Crippen LogP contribution is 2.27. The molecule has 128 valence electrons. The van der Waals surface area contributed by atoms with Gasteiger partial charge < -0.3 is 9.26 Å². The highest BCUT2D eigenvalue weighted by atomic mass is 19.1. The molecule has 4 rings (SSSR count). The van der Waals surface area contributed by atoms with Crippen molar-refractivity contribution in [1.29, 1.82) is 0 Å². The fourth-order valence-electron chi connectivity index (χ4n) is 3.10. The molecule has 1 aromatic carbocycles. The first-order chi connectivity index (χ1) is 12.3. The fraction of sp³-hybridized carbons (Fsp3) is 0.263. The summed E-state index contributed by atoms with van der Waals surface area (Å²) in [6.45, 7) is 2.85. The van der Waals surface area contributed by atoms with E-state index in [1.165, 1.54) is 12.1 Å². The number of aromatic nitrogens is 2. The van der Waals surface area contributed by atoms with Crippen molar-refractivity contribution >= 4 is 0 Å². The highest BCUT2D eigenvalue weighted by molar-refractivity contribution is 5.28. The minimum absolute atomic E-state index is 0.287. The van der Waals surface area contributed by atoms with Gasteiger partial charge in [0.1, 0.15) is 17.8 Å². The van der Waals surface area contributed by atoms with Crippen LogP contribution in [0.2, 0.25) is 0 Å². The van der Waals surface area contributed by atoms with Crippen LogP contribution < -0.4 is 4.74 Å². The molecule has 1 fully saturated rings. The van der Waals surface area contributed by atoms with Crippen molar-refractivity contribution in [3.05, 3.63) is 72.0 Å². The molecule has 1 aliphatic heterocycles. The fourth-order valence-corrected chi connectivity index (χ4v) is 3.10. The number of ether oxygens (including phenoxy) is 1. The summed E-state index contributed by atoms with van der Waals surface area (Å²) in [7, 11) is 0. The van der Waals surface area contributed by atoms with E-state index in [-0.39, 0.29) is 5.82 Å². The van der Waals surface area contributed by atoms with E-state index in [0.29, 0.717) is 17.5 Å². The molecule has 25 heavy (non-hydrogen) atoms. The molecular formula is C19H18FN3O2. The number of likely N-dealkylation sites (tertiary alicyclic amines) is 1. The van der Waals surface area contributed by atoms with Gasteiger partial charge in [-0.3, -0.25) is 4.90 Å². The normalized spacial score (nSPS) is 17.7. The van der Waals surface area contributed by atoms with Crippen LogP contribution in [0.4, 0.5) is 4.39 Å². The van der Waals surface area contributed by atoms with Crippen LogP contribution in [0.25, 0.3) is 0 Å². The predicted molar refractivity (Wildman–Crippen MR) is 89.8 cm³/mol. The number of rotatable bonds is 5. The van der Waals surface area contributed by atoms with Crippen molar-refractivity contribution in [2.45, 2.75) is 18.9 Å². The molecule has 0 saturated carbocycles. The molecule has 6 heteroatoms. The van der Waals surface area contributed by atoms with Crippen LogP contribution >= 0.6 is 0 Å². The largest absolute Gasteiger partial charge is 0.439 e. The first-order valence-electron chi connectivity index (χ1n) is 8.27. The van der Waals surface area contributed by atoms with Gasteiger partial charge in [0.05, 0.1) is 5.69 Å². The first kappa shape index (κ1) is 15.8. The summed E-state index contributed by atoms with van der Waals surface area (Å²) >= 11 is 0. The highest BCUT2D eigenvalue weighted by Gasteiger charge is 2.25. The van der Waals surface area contributed by atoms with E-state index in [1.54, 1.807) is 18.4 Å². The number of halogens is 1. The number of benzene rings is 1. The Bertz CT molecular complexity index is 804. The molecule has 0 N–H and O–H groups in total. The zero-order valence-electron chi connectivity index (χ0n) is 13.6. The maximum atomic E-state index is 12.9. The number of pyridine rings is 1. The Morgan fingerprint density at radius 2 is 2.04 bits per heavy atom. The van der Waals surface area contributed by atoms with Crippen molar-refractivity contribution in [3.8, 4) is 11.6 Å².